The zero-order valence-electron chi connectivity index (χ0n) is 26.1. The lowest BCUT2D eigenvalue weighted by Gasteiger charge is -2.25. The number of nitrogens with one attached hydrogen (secondary N) is 4. The first-order chi connectivity index (χ1) is 21.3. The molecule has 0 aromatic heterocycles. The first kappa shape index (κ1) is 36.5. The normalized spacial score (nSPS) is 15.7. The van der Waals surface area contributed by atoms with E-state index in [1.54, 1.807) is 45.0 Å². The molecule has 1 aliphatic heterocycles. The van der Waals surface area contributed by atoms with Gasteiger partial charge in [-0.3, -0.25) is 28.9 Å². The quantitative estimate of drug-likeness (QED) is 0.102. The van der Waals surface area contributed by atoms with Crippen LogP contribution >= 0.6 is 0 Å². The summed E-state index contributed by atoms with van der Waals surface area (Å²) >= 11 is 0. The van der Waals surface area contributed by atoms with Crippen molar-refractivity contribution in [2.45, 2.75) is 84.4 Å². The number of ether oxygens (including phenoxy) is 1. The van der Waals surface area contributed by atoms with Gasteiger partial charge in [0.1, 0.15) is 18.7 Å². The van der Waals surface area contributed by atoms with Gasteiger partial charge in [-0.25, -0.2) is 9.59 Å². The highest BCUT2D eigenvalue weighted by Gasteiger charge is 2.35. The van der Waals surface area contributed by atoms with Gasteiger partial charge in [0.2, 0.25) is 29.5 Å². The standard InChI is InChI=1S/C30H45N7O8/c1-18(2)25(36-23(38)9-5-4-6-15-37-24(39)16-19(3)28(37)42)27(41)35-22(8-7-14-33-29(31)43)26(40)34-21-12-10-20(11-13-21)17-45-30(32)44/h10-13,18-19,22,25H,4-9,14-17H2,1-3H3,(H2,32,44)(H,34,40)(H,35,41)(H,36,38)(H3,31,33,43)/t19?,22-,25-/m0/s1. The van der Waals surface area contributed by atoms with E-state index in [-0.39, 0.29) is 62.0 Å². The topological polar surface area (TPSA) is 232 Å². The van der Waals surface area contributed by atoms with Crippen LogP contribution < -0.4 is 32.7 Å². The molecule has 45 heavy (non-hydrogen) atoms. The highest BCUT2D eigenvalue weighted by atomic mass is 16.5. The molecular weight excluding hydrogens is 586 g/mol. The van der Waals surface area contributed by atoms with Crippen molar-refractivity contribution in [3.05, 3.63) is 29.8 Å². The summed E-state index contributed by atoms with van der Waals surface area (Å²) in [4.78, 5) is 86.3. The lowest BCUT2D eigenvalue weighted by molar-refractivity contribution is -0.139. The fraction of sp³-hybridized carbons (Fsp3) is 0.567. The van der Waals surface area contributed by atoms with Crippen LogP contribution in [-0.4, -0.2) is 71.7 Å². The lowest BCUT2D eigenvalue weighted by Crippen LogP contribution is -2.54. The van der Waals surface area contributed by atoms with Crippen LogP contribution in [0.25, 0.3) is 0 Å². The number of anilines is 1. The number of urea groups is 1. The fourth-order valence-corrected chi connectivity index (χ4v) is 4.71. The van der Waals surface area contributed by atoms with Crippen LogP contribution in [0.3, 0.4) is 0 Å². The van der Waals surface area contributed by atoms with Crippen LogP contribution in [0.4, 0.5) is 15.3 Å². The summed E-state index contributed by atoms with van der Waals surface area (Å²) in [5, 5.41) is 10.7. The number of nitrogens with two attached hydrogens (primary N) is 2. The summed E-state index contributed by atoms with van der Waals surface area (Å²) in [5.41, 5.74) is 11.2. The average Bonchev–Trinajstić information content (AvgIpc) is 3.21. The first-order valence-corrected chi connectivity index (χ1v) is 15.1. The molecule has 1 aliphatic rings. The highest BCUT2D eigenvalue weighted by Crippen LogP contribution is 2.19. The Labute approximate surface area is 262 Å². The van der Waals surface area contributed by atoms with Gasteiger partial charge in [0.15, 0.2) is 0 Å². The van der Waals surface area contributed by atoms with Crippen LogP contribution in [0.2, 0.25) is 0 Å². The number of carbonyl (C=O) groups excluding carboxylic acids is 7. The van der Waals surface area contributed by atoms with Crippen molar-refractivity contribution in [3.8, 4) is 0 Å². The van der Waals surface area contributed by atoms with E-state index >= 15 is 0 Å². The van der Waals surface area contributed by atoms with Crippen molar-refractivity contribution in [1.29, 1.82) is 0 Å². The molecule has 1 heterocycles. The van der Waals surface area contributed by atoms with E-state index in [0.29, 0.717) is 43.5 Å². The van der Waals surface area contributed by atoms with Crippen molar-refractivity contribution < 1.29 is 38.3 Å². The number of rotatable bonds is 18. The first-order valence-electron chi connectivity index (χ1n) is 15.1. The molecule has 1 saturated heterocycles. The van der Waals surface area contributed by atoms with Crippen LogP contribution in [0.1, 0.15) is 71.3 Å². The van der Waals surface area contributed by atoms with E-state index in [1.807, 2.05) is 0 Å². The van der Waals surface area contributed by atoms with Gasteiger partial charge in [0.05, 0.1) is 0 Å². The van der Waals surface area contributed by atoms with Crippen molar-refractivity contribution in [2.24, 2.45) is 23.3 Å². The van der Waals surface area contributed by atoms with Crippen LogP contribution in [-0.2, 0) is 35.3 Å². The summed E-state index contributed by atoms with van der Waals surface area (Å²) in [7, 11) is 0. The van der Waals surface area contributed by atoms with E-state index < -0.39 is 36.0 Å². The Bertz CT molecular complexity index is 1220. The molecule has 248 valence electrons. The van der Waals surface area contributed by atoms with Gasteiger partial charge < -0.3 is 37.5 Å². The second kappa shape index (κ2) is 18.2. The highest BCUT2D eigenvalue weighted by molar-refractivity contribution is 6.03. The molecule has 3 atom stereocenters. The van der Waals surface area contributed by atoms with E-state index in [9.17, 15) is 33.6 Å². The Morgan fingerprint density at radius 1 is 0.956 bits per heavy atom. The lowest BCUT2D eigenvalue weighted by atomic mass is 10.0. The molecule has 15 nitrogen and oxygen atoms in total. The minimum Gasteiger partial charge on any atom is -0.445 e. The van der Waals surface area contributed by atoms with Gasteiger partial charge in [-0.15, -0.1) is 0 Å². The summed E-state index contributed by atoms with van der Waals surface area (Å²) in [6, 6.07) is 3.85. The van der Waals surface area contributed by atoms with Crippen molar-refractivity contribution in [2.75, 3.05) is 18.4 Å². The van der Waals surface area contributed by atoms with Gasteiger partial charge >= 0.3 is 12.1 Å². The predicted octanol–water partition coefficient (Wildman–Crippen LogP) is 1.25. The number of amides is 8. The predicted molar refractivity (Wildman–Crippen MR) is 164 cm³/mol. The Balaban J connectivity index is 1.93. The molecule has 1 aromatic carbocycles. The van der Waals surface area contributed by atoms with E-state index in [0.717, 1.165) is 0 Å². The maximum atomic E-state index is 13.3. The molecule has 0 radical (unpaired) electrons. The third-order valence-corrected chi connectivity index (χ3v) is 7.23. The smallest absolute Gasteiger partial charge is 0.404 e. The molecule has 8 amide bonds. The maximum absolute atomic E-state index is 13.3. The third kappa shape index (κ3) is 12.8. The molecule has 1 fully saturated rings. The van der Waals surface area contributed by atoms with Crippen molar-refractivity contribution >= 4 is 47.3 Å². The molecule has 1 unspecified atom stereocenters. The molecule has 0 aliphatic carbocycles. The fourth-order valence-electron chi connectivity index (χ4n) is 4.71. The number of likely N-dealkylation sites (tertiary alicyclic amines) is 1. The number of benzene rings is 1. The molecule has 0 bridgehead atoms. The number of unbranched alkanes of at least 4 members (excludes halogenated alkanes) is 2. The summed E-state index contributed by atoms with van der Waals surface area (Å²) in [6.45, 7) is 5.75. The number of nitrogens with zero attached hydrogens (tertiary/aromatic N) is 1. The van der Waals surface area contributed by atoms with Crippen LogP contribution in [0.5, 0.6) is 0 Å². The molecule has 8 N–H and O–H groups in total. The molecule has 0 saturated carbocycles. The van der Waals surface area contributed by atoms with E-state index in [4.69, 9.17) is 16.2 Å². The van der Waals surface area contributed by atoms with Gasteiger partial charge in [0.25, 0.3) is 0 Å². The van der Waals surface area contributed by atoms with Gasteiger partial charge in [-0.05, 0) is 49.3 Å². The van der Waals surface area contributed by atoms with E-state index in [2.05, 4.69) is 21.3 Å². The maximum Gasteiger partial charge on any atom is 0.404 e. The monoisotopic (exact) mass is 631 g/mol. The number of hydrogen-bond donors (Lipinski definition) is 6. The second-order valence-corrected chi connectivity index (χ2v) is 11.4. The molecule has 1 aromatic rings. The SMILES string of the molecule is CC1CC(=O)N(CCCCCC(=O)N[C@H](C(=O)N[C@@H](CCCNC(N)=O)C(=O)Nc2ccc(COC(N)=O)cc2)C(C)C)C1=O. The molecule has 2 rings (SSSR count). The number of primary amides is 2. The molecular formula is C30H45N7O8. The van der Waals surface area contributed by atoms with Crippen LogP contribution in [0, 0.1) is 11.8 Å². The summed E-state index contributed by atoms with van der Waals surface area (Å²) in [6.07, 6.45) is 1.68. The molecule has 15 heteroatoms. The third-order valence-electron chi connectivity index (χ3n) is 7.23. The Hall–Kier alpha value is -4.69. The second-order valence-electron chi connectivity index (χ2n) is 11.4. The number of hydrogen-bond acceptors (Lipinski definition) is 8. The summed E-state index contributed by atoms with van der Waals surface area (Å²) in [5.74, 6) is -2.30. The number of carbonyl (C=O) groups is 7. The van der Waals surface area contributed by atoms with E-state index in [1.165, 1.54) is 4.90 Å². The average molecular weight is 632 g/mol. The van der Waals surface area contributed by atoms with Gasteiger partial charge in [-0.1, -0.05) is 39.3 Å². The summed E-state index contributed by atoms with van der Waals surface area (Å²) < 4.78 is 4.74. The largest absolute Gasteiger partial charge is 0.445 e. The number of imide groups is 1. The van der Waals surface area contributed by atoms with Crippen LogP contribution in [0.15, 0.2) is 24.3 Å². The minimum absolute atomic E-state index is 0.0304. The van der Waals surface area contributed by atoms with Gasteiger partial charge in [-0.2, -0.15) is 0 Å². The Morgan fingerprint density at radius 2 is 1.64 bits per heavy atom. The Morgan fingerprint density at radius 3 is 2.22 bits per heavy atom. The zero-order valence-corrected chi connectivity index (χ0v) is 26.1. The van der Waals surface area contributed by atoms with Crippen molar-refractivity contribution in [3.63, 3.8) is 0 Å². The minimum atomic E-state index is -0.998. The van der Waals surface area contributed by atoms with Crippen molar-refractivity contribution in [1.82, 2.24) is 20.9 Å². The molecule has 0 spiro atoms. The van der Waals surface area contributed by atoms with Gasteiger partial charge in [0, 0.05) is 37.5 Å². The zero-order chi connectivity index (χ0) is 33.5. The Kier molecular flexibility index (Phi) is 14.8.